The van der Waals surface area contributed by atoms with Crippen molar-refractivity contribution in [3.8, 4) is 16.2 Å². The summed E-state index contributed by atoms with van der Waals surface area (Å²) < 4.78 is 7.40. The van der Waals surface area contributed by atoms with Gasteiger partial charge in [-0.15, -0.1) is 11.3 Å². The van der Waals surface area contributed by atoms with Crippen molar-refractivity contribution < 1.29 is 4.74 Å². The number of benzene rings is 1. The Hall–Kier alpha value is -0.360. The highest BCUT2D eigenvalue weighted by molar-refractivity contribution is 9.11. The molecule has 0 bridgehead atoms. The lowest BCUT2D eigenvalue weighted by Crippen LogP contribution is -2.16. The molecule has 2 rings (SSSR count). The molecular formula is C15H17Br2NOS. The second-order valence-corrected chi connectivity index (χ2v) is 7.27. The van der Waals surface area contributed by atoms with E-state index in [9.17, 15) is 0 Å². The van der Waals surface area contributed by atoms with Crippen LogP contribution in [0.5, 0.6) is 5.75 Å². The maximum Gasteiger partial charge on any atom is 0.133 e. The Labute approximate surface area is 140 Å². The summed E-state index contributed by atoms with van der Waals surface area (Å²) in [6, 6.07) is 8.83. The van der Waals surface area contributed by atoms with Gasteiger partial charge in [0.15, 0.2) is 0 Å². The van der Waals surface area contributed by atoms with Gasteiger partial charge in [-0.1, -0.05) is 22.9 Å². The Morgan fingerprint density at radius 1 is 1.25 bits per heavy atom. The number of halogens is 2. The molecule has 5 heteroatoms. The Morgan fingerprint density at radius 3 is 2.65 bits per heavy atom. The standard InChI is InChI=1S/C15H17Br2NOS/c1-4-18-9(2)14-5-6-15(20-14)10-7-13(19-3)12(17)8-11(10)16/h5-9,18H,4H2,1-3H3. The van der Waals surface area contributed by atoms with E-state index < -0.39 is 0 Å². The van der Waals surface area contributed by atoms with Crippen LogP contribution in [-0.2, 0) is 0 Å². The Balaban J connectivity index is 2.37. The van der Waals surface area contributed by atoms with E-state index in [0.29, 0.717) is 6.04 Å². The zero-order valence-corrected chi connectivity index (χ0v) is 15.7. The maximum absolute atomic E-state index is 5.38. The molecule has 1 N–H and O–H groups in total. The Kier molecular flexibility index (Phi) is 5.66. The van der Waals surface area contributed by atoms with Crippen molar-refractivity contribution in [2.45, 2.75) is 19.9 Å². The van der Waals surface area contributed by atoms with Crippen molar-refractivity contribution >= 4 is 43.2 Å². The molecule has 0 spiro atoms. The lowest BCUT2D eigenvalue weighted by atomic mass is 10.2. The number of hydrogen-bond donors (Lipinski definition) is 1. The van der Waals surface area contributed by atoms with Crippen molar-refractivity contribution in [2.24, 2.45) is 0 Å². The van der Waals surface area contributed by atoms with Crippen LogP contribution >= 0.6 is 43.2 Å². The minimum Gasteiger partial charge on any atom is -0.496 e. The molecule has 1 aromatic heterocycles. The first kappa shape index (κ1) is 16.0. The van der Waals surface area contributed by atoms with E-state index in [2.05, 4.69) is 69.2 Å². The summed E-state index contributed by atoms with van der Waals surface area (Å²) in [6.07, 6.45) is 0. The van der Waals surface area contributed by atoms with Crippen LogP contribution in [0.4, 0.5) is 0 Å². The fourth-order valence-electron chi connectivity index (χ4n) is 2.01. The number of thiophene rings is 1. The number of nitrogens with one attached hydrogen (secondary N) is 1. The zero-order chi connectivity index (χ0) is 14.7. The van der Waals surface area contributed by atoms with Gasteiger partial charge in [0, 0.05) is 25.8 Å². The SMILES string of the molecule is CCNC(C)c1ccc(-c2cc(OC)c(Br)cc2Br)s1. The Bertz CT molecular complexity index is 598. The average molecular weight is 419 g/mol. The smallest absolute Gasteiger partial charge is 0.133 e. The molecule has 0 aliphatic rings. The molecule has 1 atom stereocenters. The van der Waals surface area contributed by atoms with Gasteiger partial charge in [-0.3, -0.25) is 0 Å². The lowest BCUT2D eigenvalue weighted by molar-refractivity contribution is 0.412. The van der Waals surface area contributed by atoms with E-state index in [0.717, 1.165) is 26.8 Å². The van der Waals surface area contributed by atoms with E-state index >= 15 is 0 Å². The molecule has 0 radical (unpaired) electrons. The van der Waals surface area contributed by atoms with Gasteiger partial charge in [0.25, 0.3) is 0 Å². The predicted molar refractivity (Wildman–Crippen MR) is 93.8 cm³/mol. The molecule has 0 saturated heterocycles. The van der Waals surface area contributed by atoms with Crippen molar-refractivity contribution in [1.29, 1.82) is 0 Å². The number of ether oxygens (including phenoxy) is 1. The zero-order valence-electron chi connectivity index (χ0n) is 11.7. The summed E-state index contributed by atoms with van der Waals surface area (Å²) in [7, 11) is 1.69. The van der Waals surface area contributed by atoms with Crippen molar-refractivity contribution in [3.63, 3.8) is 0 Å². The van der Waals surface area contributed by atoms with Crippen LogP contribution in [0, 0.1) is 0 Å². The summed E-state index contributed by atoms with van der Waals surface area (Å²) in [5.41, 5.74) is 1.16. The minimum atomic E-state index is 0.384. The topological polar surface area (TPSA) is 21.3 Å². The highest BCUT2D eigenvalue weighted by atomic mass is 79.9. The highest BCUT2D eigenvalue weighted by Crippen LogP contribution is 2.40. The van der Waals surface area contributed by atoms with Crippen LogP contribution in [0.1, 0.15) is 24.8 Å². The van der Waals surface area contributed by atoms with Gasteiger partial charge >= 0.3 is 0 Å². The largest absolute Gasteiger partial charge is 0.496 e. The maximum atomic E-state index is 5.38. The quantitative estimate of drug-likeness (QED) is 0.680. The van der Waals surface area contributed by atoms with Crippen LogP contribution < -0.4 is 10.1 Å². The lowest BCUT2D eigenvalue weighted by Gasteiger charge is -2.10. The molecule has 1 aromatic carbocycles. The number of methoxy groups -OCH3 is 1. The predicted octanol–water partition coefficient (Wildman–Crippen LogP) is 5.62. The van der Waals surface area contributed by atoms with E-state index in [1.807, 2.05) is 17.4 Å². The summed E-state index contributed by atoms with van der Waals surface area (Å²) in [5.74, 6) is 0.845. The fourth-order valence-corrected chi connectivity index (χ4v) is 4.58. The van der Waals surface area contributed by atoms with Crippen LogP contribution in [-0.4, -0.2) is 13.7 Å². The van der Waals surface area contributed by atoms with Gasteiger partial charge in [-0.2, -0.15) is 0 Å². The third-order valence-electron chi connectivity index (χ3n) is 3.07. The first-order valence-corrected chi connectivity index (χ1v) is 8.83. The second kappa shape index (κ2) is 7.07. The van der Waals surface area contributed by atoms with Crippen LogP contribution in [0.3, 0.4) is 0 Å². The van der Waals surface area contributed by atoms with E-state index in [1.54, 1.807) is 7.11 Å². The Morgan fingerprint density at radius 2 is 2.00 bits per heavy atom. The van der Waals surface area contributed by atoms with Crippen molar-refractivity contribution in [1.82, 2.24) is 5.32 Å². The molecule has 0 fully saturated rings. The molecular weight excluding hydrogens is 402 g/mol. The number of rotatable bonds is 5. The minimum absolute atomic E-state index is 0.384. The third-order valence-corrected chi connectivity index (χ3v) is 5.65. The van der Waals surface area contributed by atoms with Gasteiger partial charge in [0.05, 0.1) is 11.6 Å². The molecule has 0 aliphatic carbocycles. The first-order valence-electron chi connectivity index (χ1n) is 6.43. The number of hydrogen-bond acceptors (Lipinski definition) is 3. The fraction of sp³-hybridized carbons (Fsp3) is 0.333. The first-order chi connectivity index (χ1) is 9.56. The molecule has 0 aliphatic heterocycles. The van der Waals surface area contributed by atoms with E-state index in [-0.39, 0.29) is 0 Å². The normalized spacial score (nSPS) is 12.4. The second-order valence-electron chi connectivity index (χ2n) is 4.45. The highest BCUT2D eigenvalue weighted by Gasteiger charge is 2.13. The van der Waals surface area contributed by atoms with Gasteiger partial charge < -0.3 is 10.1 Å². The third kappa shape index (κ3) is 3.45. The molecule has 0 amide bonds. The molecule has 1 heterocycles. The molecule has 2 aromatic rings. The average Bonchev–Trinajstić information content (AvgIpc) is 2.89. The van der Waals surface area contributed by atoms with Gasteiger partial charge in [-0.05, 0) is 53.7 Å². The molecule has 2 nitrogen and oxygen atoms in total. The van der Waals surface area contributed by atoms with Crippen LogP contribution in [0.2, 0.25) is 0 Å². The summed E-state index contributed by atoms with van der Waals surface area (Å²) in [4.78, 5) is 2.58. The summed E-state index contributed by atoms with van der Waals surface area (Å²) >= 11 is 8.94. The van der Waals surface area contributed by atoms with Crippen LogP contribution in [0.15, 0.2) is 33.2 Å². The monoisotopic (exact) mass is 417 g/mol. The molecule has 108 valence electrons. The van der Waals surface area contributed by atoms with Gasteiger partial charge in [0.1, 0.15) is 5.75 Å². The summed E-state index contributed by atoms with van der Waals surface area (Å²) in [6.45, 7) is 5.29. The molecule has 1 unspecified atom stereocenters. The molecule has 20 heavy (non-hydrogen) atoms. The van der Waals surface area contributed by atoms with Gasteiger partial charge in [-0.25, -0.2) is 0 Å². The van der Waals surface area contributed by atoms with Gasteiger partial charge in [0.2, 0.25) is 0 Å². The van der Waals surface area contributed by atoms with E-state index in [1.165, 1.54) is 9.75 Å². The summed E-state index contributed by atoms with van der Waals surface area (Å²) in [5, 5.41) is 3.44. The molecule has 0 saturated carbocycles. The van der Waals surface area contributed by atoms with Crippen molar-refractivity contribution in [2.75, 3.05) is 13.7 Å². The van der Waals surface area contributed by atoms with Crippen LogP contribution in [0.25, 0.3) is 10.4 Å². The van der Waals surface area contributed by atoms with Crippen molar-refractivity contribution in [3.05, 3.63) is 38.1 Å². The van der Waals surface area contributed by atoms with E-state index in [4.69, 9.17) is 4.74 Å².